The lowest BCUT2D eigenvalue weighted by atomic mass is 10.1. The maximum atomic E-state index is 12.9. The number of hydrogen-bond acceptors (Lipinski definition) is 5. The SMILES string of the molecule is COc1ccc(C#Cc2cncc(C(=O)N=S(C)(=O)c3ccc(Cl)cc3)c2)cc1OC. The molecule has 0 radical (unpaired) electrons. The van der Waals surface area contributed by atoms with Crippen LogP contribution in [0.4, 0.5) is 0 Å². The number of hydrogen-bond donors (Lipinski definition) is 0. The molecule has 0 aliphatic heterocycles. The van der Waals surface area contributed by atoms with Gasteiger partial charge in [0.05, 0.1) is 29.5 Å². The van der Waals surface area contributed by atoms with Gasteiger partial charge in [0.25, 0.3) is 5.91 Å². The normalized spacial score (nSPS) is 12.1. The summed E-state index contributed by atoms with van der Waals surface area (Å²) in [4.78, 5) is 17.1. The van der Waals surface area contributed by atoms with Crippen LogP contribution < -0.4 is 9.47 Å². The second-order valence-electron chi connectivity index (χ2n) is 6.43. The molecule has 1 amide bonds. The first-order valence-corrected chi connectivity index (χ1v) is 11.3. The number of ether oxygens (including phenoxy) is 2. The number of carbonyl (C=O) groups is 1. The number of carbonyl (C=O) groups excluding carboxylic acids is 1. The summed E-state index contributed by atoms with van der Waals surface area (Å²) >= 11 is 5.86. The van der Waals surface area contributed by atoms with Crippen LogP contribution in [0.5, 0.6) is 11.5 Å². The minimum absolute atomic E-state index is 0.197. The van der Waals surface area contributed by atoms with Gasteiger partial charge in [0.2, 0.25) is 0 Å². The van der Waals surface area contributed by atoms with Crippen LogP contribution in [-0.4, -0.2) is 35.6 Å². The second kappa shape index (κ2) is 9.65. The van der Waals surface area contributed by atoms with Crippen molar-refractivity contribution in [1.29, 1.82) is 0 Å². The number of amides is 1. The van der Waals surface area contributed by atoms with Crippen LogP contribution in [0.2, 0.25) is 5.02 Å². The second-order valence-corrected chi connectivity index (χ2v) is 9.13. The summed E-state index contributed by atoms with van der Waals surface area (Å²) < 4.78 is 27.3. The van der Waals surface area contributed by atoms with Gasteiger partial charge in [-0.15, -0.1) is 0 Å². The molecule has 1 aromatic heterocycles. The highest BCUT2D eigenvalue weighted by atomic mass is 35.5. The van der Waals surface area contributed by atoms with Crippen LogP contribution in [-0.2, 0) is 9.73 Å². The number of benzene rings is 2. The Morgan fingerprint density at radius 3 is 2.32 bits per heavy atom. The van der Waals surface area contributed by atoms with E-state index < -0.39 is 15.6 Å². The average Bonchev–Trinajstić information content (AvgIpc) is 2.77. The summed E-state index contributed by atoms with van der Waals surface area (Å²) in [6.45, 7) is 0. The number of aromatic nitrogens is 1. The molecule has 0 N–H and O–H groups in total. The Bertz CT molecular complexity index is 1300. The van der Waals surface area contributed by atoms with Crippen LogP contribution in [0.1, 0.15) is 21.5 Å². The van der Waals surface area contributed by atoms with E-state index in [1.807, 2.05) is 0 Å². The summed E-state index contributed by atoms with van der Waals surface area (Å²) in [5.41, 5.74) is 1.42. The van der Waals surface area contributed by atoms with E-state index in [0.29, 0.717) is 32.5 Å². The van der Waals surface area contributed by atoms with Crippen molar-refractivity contribution in [2.24, 2.45) is 4.36 Å². The zero-order valence-electron chi connectivity index (χ0n) is 17.1. The van der Waals surface area contributed by atoms with E-state index in [1.54, 1.807) is 62.8 Å². The van der Waals surface area contributed by atoms with Gasteiger partial charge in [-0.2, -0.15) is 4.36 Å². The zero-order valence-corrected chi connectivity index (χ0v) is 18.7. The standard InChI is InChI=1S/C23H19ClN2O4S/c1-29-21-11-6-16(13-22(21)30-2)4-5-17-12-18(15-25-14-17)23(27)26-31(3,28)20-9-7-19(24)8-10-20/h6-15H,1-3H3. The van der Waals surface area contributed by atoms with E-state index in [0.717, 1.165) is 0 Å². The summed E-state index contributed by atoms with van der Waals surface area (Å²) in [7, 11) is 0.179. The van der Waals surface area contributed by atoms with Crippen molar-refractivity contribution in [2.75, 3.05) is 20.5 Å². The third kappa shape index (κ3) is 5.63. The molecule has 8 heteroatoms. The highest BCUT2D eigenvalue weighted by molar-refractivity contribution is 7.93. The van der Waals surface area contributed by atoms with Crippen molar-refractivity contribution in [2.45, 2.75) is 4.90 Å². The van der Waals surface area contributed by atoms with Crippen LogP contribution in [0.3, 0.4) is 0 Å². The zero-order chi connectivity index (χ0) is 22.4. The largest absolute Gasteiger partial charge is 0.493 e. The van der Waals surface area contributed by atoms with Gasteiger partial charge < -0.3 is 9.47 Å². The molecule has 1 heterocycles. The van der Waals surface area contributed by atoms with Gasteiger partial charge in [-0.3, -0.25) is 9.78 Å². The molecule has 1 unspecified atom stereocenters. The van der Waals surface area contributed by atoms with Gasteiger partial charge in [-0.05, 0) is 48.5 Å². The molecule has 0 fully saturated rings. The quantitative estimate of drug-likeness (QED) is 0.544. The predicted molar refractivity (Wildman–Crippen MR) is 120 cm³/mol. The Hall–Kier alpha value is -3.34. The molecule has 0 saturated heterocycles. The van der Waals surface area contributed by atoms with Gasteiger partial charge in [-0.25, -0.2) is 4.21 Å². The van der Waals surface area contributed by atoms with Crippen molar-refractivity contribution in [3.63, 3.8) is 0 Å². The molecular formula is C23H19ClN2O4S. The average molecular weight is 455 g/mol. The molecule has 0 aliphatic carbocycles. The lowest BCUT2D eigenvalue weighted by molar-refractivity contribution is 0.100. The van der Waals surface area contributed by atoms with E-state index in [1.165, 1.54) is 18.6 Å². The Morgan fingerprint density at radius 2 is 1.65 bits per heavy atom. The Morgan fingerprint density at radius 1 is 0.968 bits per heavy atom. The smallest absolute Gasteiger partial charge is 0.286 e. The summed E-state index contributed by atoms with van der Waals surface area (Å²) in [5.74, 6) is 6.49. The molecular weight excluding hydrogens is 436 g/mol. The summed E-state index contributed by atoms with van der Waals surface area (Å²) in [6.07, 6.45) is 4.31. The highest BCUT2D eigenvalue weighted by Crippen LogP contribution is 2.27. The monoisotopic (exact) mass is 454 g/mol. The molecule has 3 aromatic rings. The van der Waals surface area contributed by atoms with Crippen molar-refractivity contribution in [1.82, 2.24) is 4.98 Å². The highest BCUT2D eigenvalue weighted by Gasteiger charge is 2.12. The Balaban J connectivity index is 1.87. The van der Waals surface area contributed by atoms with E-state index in [-0.39, 0.29) is 5.56 Å². The van der Waals surface area contributed by atoms with Crippen molar-refractivity contribution in [3.05, 3.63) is 82.6 Å². The maximum Gasteiger partial charge on any atom is 0.286 e. The molecule has 2 aromatic carbocycles. The van der Waals surface area contributed by atoms with Crippen molar-refractivity contribution in [3.8, 4) is 23.3 Å². The van der Waals surface area contributed by atoms with Gasteiger partial charge in [0.1, 0.15) is 0 Å². The minimum Gasteiger partial charge on any atom is -0.493 e. The van der Waals surface area contributed by atoms with Crippen LogP contribution in [0.25, 0.3) is 0 Å². The van der Waals surface area contributed by atoms with Crippen LogP contribution in [0.15, 0.2) is 70.2 Å². The third-order valence-corrected chi connectivity index (χ3v) is 6.14. The number of nitrogens with zero attached hydrogens (tertiary/aromatic N) is 2. The van der Waals surface area contributed by atoms with Gasteiger partial charge >= 0.3 is 0 Å². The Kier molecular flexibility index (Phi) is 6.95. The fraction of sp³-hybridized carbons (Fsp3) is 0.130. The molecule has 0 bridgehead atoms. The minimum atomic E-state index is -2.93. The fourth-order valence-electron chi connectivity index (χ4n) is 2.63. The summed E-state index contributed by atoms with van der Waals surface area (Å²) in [5, 5.41) is 0.509. The summed E-state index contributed by atoms with van der Waals surface area (Å²) in [6, 6.07) is 13.2. The molecule has 0 saturated carbocycles. The molecule has 158 valence electrons. The van der Waals surface area contributed by atoms with E-state index in [9.17, 15) is 9.00 Å². The molecule has 6 nitrogen and oxygen atoms in total. The topological polar surface area (TPSA) is 77.9 Å². The molecule has 0 spiro atoms. The lowest BCUT2D eigenvalue weighted by Gasteiger charge is -2.06. The first-order chi connectivity index (χ1) is 14.8. The lowest BCUT2D eigenvalue weighted by Crippen LogP contribution is -2.04. The van der Waals surface area contributed by atoms with E-state index >= 15 is 0 Å². The first kappa shape index (κ1) is 22.3. The van der Waals surface area contributed by atoms with Crippen LogP contribution in [0, 0.1) is 11.8 Å². The van der Waals surface area contributed by atoms with Crippen molar-refractivity contribution < 1.29 is 18.5 Å². The predicted octanol–water partition coefficient (Wildman–Crippen LogP) is 4.45. The number of rotatable bonds is 4. The van der Waals surface area contributed by atoms with Gasteiger partial charge in [-0.1, -0.05) is 23.4 Å². The van der Waals surface area contributed by atoms with Crippen molar-refractivity contribution >= 4 is 27.2 Å². The van der Waals surface area contributed by atoms with Crippen LogP contribution >= 0.6 is 11.6 Å². The Labute approximate surface area is 186 Å². The number of halogens is 1. The maximum absolute atomic E-state index is 12.9. The van der Waals surface area contributed by atoms with Gasteiger partial charge in [0, 0.05) is 39.7 Å². The molecule has 31 heavy (non-hydrogen) atoms. The van der Waals surface area contributed by atoms with E-state index in [2.05, 4.69) is 21.2 Å². The number of pyridine rings is 1. The molecule has 1 atom stereocenters. The van der Waals surface area contributed by atoms with E-state index in [4.69, 9.17) is 21.1 Å². The first-order valence-electron chi connectivity index (χ1n) is 9.03. The fourth-order valence-corrected chi connectivity index (χ4v) is 3.93. The molecule has 3 rings (SSSR count). The van der Waals surface area contributed by atoms with Gasteiger partial charge in [0.15, 0.2) is 11.5 Å². The molecule has 0 aliphatic rings. The number of methoxy groups -OCH3 is 2. The third-order valence-electron chi connectivity index (χ3n) is 4.23.